The summed E-state index contributed by atoms with van der Waals surface area (Å²) in [4.78, 5) is 0.692. The SMILES string of the molecule is CC[C@@](O)(C#Cc1cc(C(F)(F)F)cc(C(F)(F)F)c1)c1ccccc1S(=O)c1ccc(C)cc1. The molecule has 0 aromatic heterocycles. The molecule has 0 heterocycles. The third-order valence-electron chi connectivity index (χ3n) is 5.28. The van der Waals surface area contributed by atoms with E-state index in [-0.39, 0.29) is 22.9 Å². The lowest BCUT2D eigenvalue weighted by atomic mass is 9.91. The molecule has 1 unspecified atom stereocenters. The Labute approximate surface area is 201 Å². The molecule has 2 atom stereocenters. The van der Waals surface area contributed by atoms with E-state index in [1.807, 2.05) is 6.92 Å². The highest BCUT2D eigenvalue weighted by molar-refractivity contribution is 7.85. The van der Waals surface area contributed by atoms with E-state index >= 15 is 0 Å². The molecule has 0 amide bonds. The number of benzene rings is 3. The van der Waals surface area contributed by atoms with Crippen LogP contribution in [0.15, 0.2) is 76.5 Å². The van der Waals surface area contributed by atoms with E-state index in [0.717, 1.165) is 5.56 Å². The molecule has 0 saturated carbocycles. The van der Waals surface area contributed by atoms with Crippen LogP contribution in [0, 0.1) is 18.8 Å². The third-order valence-corrected chi connectivity index (χ3v) is 6.74. The Bertz CT molecular complexity index is 1270. The van der Waals surface area contributed by atoms with Crippen LogP contribution in [0.5, 0.6) is 0 Å². The summed E-state index contributed by atoms with van der Waals surface area (Å²) >= 11 is 0. The molecule has 35 heavy (non-hydrogen) atoms. The molecule has 0 aliphatic heterocycles. The minimum Gasteiger partial charge on any atom is -0.373 e. The summed E-state index contributed by atoms with van der Waals surface area (Å²) < 4.78 is 92.3. The maximum atomic E-state index is 13.2. The van der Waals surface area contributed by atoms with E-state index in [1.54, 1.807) is 43.3 Å². The molecule has 0 aliphatic rings. The third kappa shape index (κ3) is 6.13. The minimum atomic E-state index is -5.02. The molecule has 3 rings (SSSR count). The topological polar surface area (TPSA) is 37.3 Å². The Morgan fingerprint density at radius 2 is 1.40 bits per heavy atom. The summed E-state index contributed by atoms with van der Waals surface area (Å²) in [5.74, 6) is 4.70. The molecule has 2 nitrogen and oxygen atoms in total. The number of hydrogen-bond donors (Lipinski definition) is 1. The van der Waals surface area contributed by atoms with Crippen molar-refractivity contribution < 1.29 is 35.7 Å². The van der Waals surface area contributed by atoms with E-state index in [0.29, 0.717) is 17.0 Å². The fourth-order valence-corrected chi connectivity index (χ4v) is 4.58. The predicted octanol–water partition coefficient (Wildman–Crippen LogP) is 6.85. The van der Waals surface area contributed by atoms with Crippen molar-refractivity contribution in [1.82, 2.24) is 0 Å². The van der Waals surface area contributed by atoms with Gasteiger partial charge in [-0.3, -0.25) is 0 Å². The van der Waals surface area contributed by atoms with Crippen molar-refractivity contribution in [2.75, 3.05) is 0 Å². The maximum Gasteiger partial charge on any atom is 0.416 e. The number of aliphatic hydroxyl groups is 1. The highest BCUT2D eigenvalue weighted by atomic mass is 32.2. The number of alkyl halides is 6. The van der Waals surface area contributed by atoms with Gasteiger partial charge in [-0.1, -0.05) is 54.7 Å². The smallest absolute Gasteiger partial charge is 0.373 e. The van der Waals surface area contributed by atoms with Crippen LogP contribution in [0.4, 0.5) is 26.3 Å². The van der Waals surface area contributed by atoms with Crippen molar-refractivity contribution >= 4 is 10.8 Å². The van der Waals surface area contributed by atoms with Gasteiger partial charge in [0.05, 0.1) is 26.8 Å². The summed E-state index contributed by atoms with van der Waals surface area (Å²) in [5, 5.41) is 11.3. The van der Waals surface area contributed by atoms with Gasteiger partial charge in [0.15, 0.2) is 5.60 Å². The fourth-order valence-electron chi connectivity index (χ4n) is 3.31. The van der Waals surface area contributed by atoms with Crippen molar-refractivity contribution in [3.8, 4) is 11.8 Å². The highest BCUT2D eigenvalue weighted by Crippen LogP contribution is 2.37. The largest absolute Gasteiger partial charge is 0.416 e. The normalized spacial score (nSPS) is 14.5. The van der Waals surface area contributed by atoms with Crippen LogP contribution >= 0.6 is 0 Å². The molecule has 0 aliphatic carbocycles. The van der Waals surface area contributed by atoms with Crippen LogP contribution in [0.3, 0.4) is 0 Å². The Morgan fingerprint density at radius 3 is 1.91 bits per heavy atom. The molecule has 3 aromatic rings. The molecule has 3 aromatic carbocycles. The lowest BCUT2D eigenvalue weighted by molar-refractivity contribution is -0.143. The lowest BCUT2D eigenvalue weighted by Gasteiger charge is -2.24. The van der Waals surface area contributed by atoms with Crippen molar-refractivity contribution in [1.29, 1.82) is 0 Å². The first-order chi connectivity index (χ1) is 16.2. The van der Waals surface area contributed by atoms with E-state index < -0.39 is 45.4 Å². The first-order valence-corrected chi connectivity index (χ1v) is 11.5. The summed E-state index contributed by atoms with van der Waals surface area (Å²) in [6, 6.07) is 14.1. The second-order valence-electron chi connectivity index (χ2n) is 7.84. The zero-order valence-electron chi connectivity index (χ0n) is 18.6. The lowest BCUT2D eigenvalue weighted by Crippen LogP contribution is -2.24. The van der Waals surface area contributed by atoms with Gasteiger partial charge in [0.2, 0.25) is 0 Å². The number of aryl methyl sites for hydroxylation is 1. The summed E-state index contributed by atoms with van der Waals surface area (Å²) in [5.41, 5.74) is -4.44. The standard InChI is InChI=1S/C26H20F6O2S/c1-3-24(33,13-12-18-14-19(25(27,28)29)16-20(15-18)26(30,31)32)22-6-4-5-7-23(22)35(34)21-10-8-17(2)9-11-21/h4-11,14-16,33H,3H2,1-2H3/t24-,35?/m1/s1. The van der Waals surface area contributed by atoms with E-state index in [9.17, 15) is 35.7 Å². The summed E-state index contributed by atoms with van der Waals surface area (Å²) in [7, 11) is -1.72. The van der Waals surface area contributed by atoms with Gasteiger partial charge in [-0.05, 0) is 49.7 Å². The number of halogens is 6. The fraction of sp³-hybridized carbons (Fsp3) is 0.231. The van der Waals surface area contributed by atoms with Crippen LogP contribution in [0.2, 0.25) is 0 Å². The average Bonchev–Trinajstić information content (AvgIpc) is 2.81. The Morgan fingerprint density at radius 1 is 0.857 bits per heavy atom. The van der Waals surface area contributed by atoms with Crippen molar-refractivity contribution in [2.24, 2.45) is 0 Å². The molecule has 9 heteroatoms. The molecule has 0 fully saturated rings. The van der Waals surface area contributed by atoms with Gasteiger partial charge in [0.1, 0.15) is 0 Å². The quantitative estimate of drug-likeness (QED) is 0.308. The highest BCUT2D eigenvalue weighted by Gasteiger charge is 2.37. The molecular weight excluding hydrogens is 490 g/mol. The Balaban J connectivity index is 2.11. The van der Waals surface area contributed by atoms with Crippen LogP contribution in [-0.4, -0.2) is 9.32 Å². The van der Waals surface area contributed by atoms with Gasteiger partial charge in [0, 0.05) is 16.0 Å². The van der Waals surface area contributed by atoms with E-state index in [4.69, 9.17) is 0 Å². The molecule has 0 spiro atoms. The molecule has 184 valence electrons. The molecular formula is C26H20F6O2S. The summed E-state index contributed by atoms with van der Waals surface area (Å²) in [6.07, 6.45) is -10.1. The second kappa shape index (κ2) is 9.88. The van der Waals surface area contributed by atoms with Crippen molar-refractivity contribution in [3.63, 3.8) is 0 Å². The average molecular weight is 510 g/mol. The van der Waals surface area contributed by atoms with Crippen LogP contribution < -0.4 is 0 Å². The molecule has 0 saturated heterocycles. The number of hydrogen-bond acceptors (Lipinski definition) is 2. The zero-order valence-corrected chi connectivity index (χ0v) is 19.4. The van der Waals surface area contributed by atoms with Gasteiger partial charge < -0.3 is 5.11 Å². The maximum absolute atomic E-state index is 13.2. The van der Waals surface area contributed by atoms with E-state index in [2.05, 4.69) is 11.8 Å². The number of rotatable bonds is 4. The minimum absolute atomic E-state index is 0.0111. The first kappa shape index (κ1) is 26.5. The predicted molar refractivity (Wildman–Crippen MR) is 120 cm³/mol. The van der Waals surface area contributed by atoms with Crippen LogP contribution in [0.25, 0.3) is 0 Å². The monoisotopic (exact) mass is 510 g/mol. The van der Waals surface area contributed by atoms with Crippen molar-refractivity contribution in [2.45, 2.75) is 48.0 Å². The van der Waals surface area contributed by atoms with Gasteiger partial charge in [-0.2, -0.15) is 26.3 Å². The Hall–Kier alpha value is -3.09. The summed E-state index contributed by atoms with van der Waals surface area (Å²) in [6.45, 7) is 3.41. The molecule has 0 bridgehead atoms. The Kier molecular flexibility index (Phi) is 7.48. The molecule has 0 radical (unpaired) electrons. The van der Waals surface area contributed by atoms with Crippen molar-refractivity contribution in [3.05, 3.63) is 94.5 Å². The molecule has 1 N–H and O–H groups in total. The van der Waals surface area contributed by atoms with Gasteiger partial charge in [-0.15, -0.1) is 0 Å². The first-order valence-electron chi connectivity index (χ1n) is 10.4. The van der Waals surface area contributed by atoms with E-state index in [1.165, 1.54) is 12.1 Å². The van der Waals surface area contributed by atoms with Gasteiger partial charge in [-0.25, -0.2) is 4.21 Å². The van der Waals surface area contributed by atoms with Crippen LogP contribution in [0.1, 0.15) is 41.2 Å². The van der Waals surface area contributed by atoms with Gasteiger partial charge in [0.25, 0.3) is 0 Å². The van der Waals surface area contributed by atoms with Crippen LogP contribution in [-0.2, 0) is 28.8 Å². The zero-order chi connectivity index (χ0) is 26.0. The van der Waals surface area contributed by atoms with Gasteiger partial charge >= 0.3 is 12.4 Å². The second-order valence-corrected chi connectivity index (χ2v) is 9.29.